The molecule has 2 heterocycles. The molecule has 0 amide bonds. The van der Waals surface area contributed by atoms with E-state index in [9.17, 15) is 9.90 Å². The molecule has 0 bridgehead atoms. The lowest BCUT2D eigenvalue weighted by Crippen LogP contribution is -2.30. The minimum absolute atomic E-state index is 0.0104. The third-order valence-corrected chi connectivity index (χ3v) is 4.94. The number of rotatable bonds is 5. The van der Waals surface area contributed by atoms with Crippen LogP contribution in [0.25, 0.3) is 33.7 Å². The van der Waals surface area contributed by atoms with Gasteiger partial charge in [0.25, 0.3) is 5.56 Å². The number of aromatic nitrogens is 5. The summed E-state index contributed by atoms with van der Waals surface area (Å²) >= 11 is 0. The number of nitrogens with two attached hydrogens (primary N) is 1. The van der Waals surface area contributed by atoms with Gasteiger partial charge in [-0.3, -0.25) is 4.79 Å². The predicted molar refractivity (Wildman–Crippen MR) is 123 cm³/mol. The smallest absolute Gasteiger partial charge is 0.294 e. The number of benzene rings is 3. The normalized spacial score (nSPS) is 10.9. The lowest BCUT2D eigenvalue weighted by atomic mass is 10.2. The van der Waals surface area contributed by atoms with Crippen molar-refractivity contribution in [1.82, 2.24) is 24.7 Å². The van der Waals surface area contributed by atoms with E-state index in [2.05, 4.69) is 19.9 Å². The number of hydrogen-bond donors (Lipinski definition) is 2. The van der Waals surface area contributed by atoms with Gasteiger partial charge in [0.2, 0.25) is 5.95 Å². The Morgan fingerprint density at radius 3 is 2.39 bits per heavy atom. The van der Waals surface area contributed by atoms with Crippen LogP contribution < -0.4 is 16.1 Å². The van der Waals surface area contributed by atoms with E-state index < -0.39 is 0 Å². The molecule has 0 unspecified atom stereocenters. The van der Waals surface area contributed by atoms with E-state index in [4.69, 9.17) is 10.6 Å². The van der Waals surface area contributed by atoms with Crippen LogP contribution in [0.1, 0.15) is 5.82 Å². The summed E-state index contributed by atoms with van der Waals surface area (Å²) < 4.78 is 1.14. The lowest BCUT2D eigenvalue weighted by molar-refractivity contribution is 0.0875. The topological polar surface area (TPSA) is 129 Å². The van der Waals surface area contributed by atoms with E-state index in [1.807, 2.05) is 36.4 Å². The Balaban J connectivity index is 1.56. The predicted octanol–water partition coefficient (Wildman–Crippen LogP) is 2.83. The zero-order chi connectivity index (χ0) is 22.8. The molecule has 2 aromatic heterocycles. The fourth-order valence-corrected chi connectivity index (χ4v) is 3.41. The van der Waals surface area contributed by atoms with Crippen molar-refractivity contribution < 1.29 is 9.94 Å². The van der Waals surface area contributed by atoms with Gasteiger partial charge in [-0.05, 0) is 24.3 Å². The zero-order valence-electron chi connectivity index (χ0n) is 17.3. The molecule has 0 aliphatic carbocycles. The highest BCUT2D eigenvalue weighted by Crippen LogP contribution is 2.26. The van der Waals surface area contributed by atoms with Gasteiger partial charge >= 0.3 is 0 Å². The Hall–Kier alpha value is -4.79. The Kier molecular flexibility index (Phi) is 5.12. The number of hydrogen-bond acceptors (Lipinski definition) is 8. The van der Waals surface area contributed by atoms with Gasteiger partial charge in [0.05, 0.1) is 16.5 Å². The molecule has 3 N–H and O–H groups in total. The van der Waals surface area contributed by atoms with Crippen LogP contribution in [-0.4, -0.2) is 29.8 Å². The van der Waals surface area contributed by atoms with Crippen molar-refractivity contribution in [3.63, 3.8) is 0 Å². The SMILES string of the molecule is Nc1nc(COn2c(-c3ccccc3)nc3ccccc3c2=O)nc(-c2ccccc2O)n1. The summed E-state index contributed by atoms with van der Waals surface area (Å²) in [6.45, 7) is -0.174. The summed E-state index contributed by atoms with van der Waals surface area (Å²) in [5.74, 6) is 0.721. The van der Waals surface area contributed by atoms with Crippen LogP contribution in [-0.2, 0) is 6.61 Å². The third-order valence-electron chi connectivity index (χ3n) is 4.94. The maximum atomic E-state index is 13.2. The van der Waals surface area contributed by atoms with E-state index in [1.54, 1.807) is 36.4 Å². The maximum Gasteiger partial charge on any atom is 0.294 e. The highest BCUT2D eigenvalue weighted by Gasteiger charge is 2.16. The first-order valence-electron chi connectivity index (χ1n) is 10.1. The molecule has 5 aromatic rings. The molecule has 0 atom stereocenters. The summed E-state index contributed by atoms with van der Waals surface area (Å²) in [5, 5.41) is 10.5. The summed E-state index contributed by atoms with van der Waals surface area (Å²) in [6.07, 6.45) is 0. The monoisotopic (exact) mass is 438 g/mol. The minimum atomic E-state index is -0.359. The van der Waals surface area contributed by atoms with Crippen molar-refractivity contribution in [2.75, 3.05) is 5.73 Å². The van der Waals surface area contributed by atoms with Crippen molar-refractivity contribution in [2.24, 2.45) is 0 Å². The van der Waals surface area contributed by atoms with E-state index in [0.717, 1.165) is 4.73 Å². The van der Waals surface area contributed by atoms with Gasteiger partial charge in [0.15, 0.2) is 24.1 Å². The van der Waals surface area contributed by atoms with Crippen molar-refractivity contribution in [3.05, 3.63) is 95.0 Å². The molecule has 3 aromatic carbocycles. The van der Waals surface area contributed by atoms with E-state index in [-0.39, 0.29) is 35.5 Å². The van der Waals surface area contributed by atoms with Crippen molar-refractivity contribution >= 4 is 16.9 Å². The molecule has 9 heteroatoms. The second-order valence-corrected chi connectivity index (χ2v) is 7.14. The first-order valence-corrected chi connectivity index (χ1v) is 10.1. The van der Waals surface area contributed by atoms with E-state index in [0.29, 0.717) is 27.9 Å². The fourth-order valence-electron chi connectivity index (χ4n) is 3.41. The van der Waals surface area contributed by atoms with Crippen molar-refractivity contribution in [2.45, 2.75) is 6.61 Å². The summed E-state index contributed by atoms with van der Waals surface area (Å²) in [6, 6.07) is 23.0. The molecular formula is C24H18N6O3. The molecule has 162 valence electrons. The Labute approximate surface area is 187 Å². The molecule has 9 nitrogen and oxygen atoms in total. The summed E-state index contributed by atoms with van der Waals surface area (Å²) in [4.78, 5) is 36.3. The van der Waals surface area contributed by atoms with Gasteiger partial charge in [0, 0.05) is 5.56 Å². The summed E-state index contributed by atoms with van der Waals surface area (Å²) in [7, 11) is 0. The second kappa shape index (κ2) is 8.39. The Morgan fingerprint density at radius 1 is 0.848 bits per heavy atom. The second-order valence-electron chi connectivity index (χ2n) is 7.14. The van der Waals surface area contributed by atoms with Crippen LogP contribution in [0.15, 0.2) is 83.7 Å². The van der Waals surface area contributed by atoms with Gasteiger partial charge in [-0.1, -0.05) is 54.6 Å². The zero-order valence-corrected chi connectivity index (χ0v) is 17.3. The van der Waals surface area contributed by atoms with Gasteiger partial charge in [-0.25, -0.2) is 9.97 Å². The molecule has 0 spiro atoms. The van der Waals surface area contributed by atoms with E-state index >= 15 is 0 Å². The van der Waals surface area contributed by atoms with Crippen LogP contribution in [0.3, 0.4) is 0 Å². The number of nitrogens with zero attached hydrogens (tertiary/aromatic N) is 5. The molecule has 0 fully saturated rings. The molecule has 0 aliphatic heterocycles. The van der Waals surface area contributed by atoms with Gasteiger partial charge < -0.3 is 15.7 Å². The fraction of sp³-hybridized carbons (Fsp3) is 0.0417. The Morgan fingerprint density at radius 2 is 1.58 bits per heavy atom. The number of fused-ring (bicyclic) bond motifs is 1. The molecule has 5 rings (SSSR count). The number of para-hydroxylation sites is 2. The number of phenols is 1. The van der Waals surface area contributed by atoms with Crippen LogP contribution >= 0.6 is 0 Å². The van der Waals surface area contributed by atoms with Crippen molar-refractivity contribution in [3.8, 4) is 28.5 Å². The van der Waals surface area contributed by atoms with Gasteiger partial charge in [-0.2, -0.15) is 9.97 Å². The lowest BCUT2D eigenvalue weighted by Gasteiger charge is -2.14. The highest BCUT2D eigenvalue weighted by atomic mass is 16.7. The molecule has 0 saturated heterocycles. The average molecular weight is 438 g/mol. The van der Waals surface area contributed by atoms with Crippen molar-refractivity contribution in [1.29, 1.82) is 0 Å². The molecular weight excluding hydrogens is 420 g/mol. The van der Waals surface area contributed by atoms with Gasteiger partial charge in [0.1, 0.15) is 5.75 Å². The van der Waals surface area contributed by atoms with Crippen LogP contribution in [0.2, 0.25) is 0 Å². The maximum absolute atomic E-state index is 13.2. The Bertz CT molecular complexity index is 1520. The number of anilines is 1. The van der Waals surface area contributed by atoms with Crippen LogP contribution in [0.4, 0.5) is 5.95 Å². The molecule has 0 saturated carbocycles. The number of phenolic OH excluding ortho intramolecular Hbond substituents is 1. The third kappa shape index (κ3) is 3.94. The highest BCUT2D eigenvalue weighted by molar-refractivity contribution is 5.79. The molecule has 0 radical (unpaired) electrons. The largest absolute Gasteiger partial charge is 0.507 e. The number of aromatic hydroxyl groups is 1. The quantitative estimate of drug-likeness (QED) is 0.429. The first kappa shape index (κ1) is 20.1. The summed E-state index contributed by atoms with van der Waals surface area (Å²) in [5.41, 5.74) is 7.18. The average Bonchev–Trinajstić information content (AvgIpc) is 2.84. The molecule has 0 aliphatic rings. The van der Waals surface area contributed by atoms with Crippen LogP contribution in [0, 0.1) is 0 Å². The van der Waals surface area contributed by atoms with Gasteiger partial charge in [-0.15, -0.1) is 4.73 Å². The standard InChI is InChI=1S/C24H18N6O3/c25-24-28-20(27-21(29-24)17-11-5-7-13-19(17)31)14-33-30-22(15-8-2-1-3-9-15)26-18-12-6-4-10-16(18)23(30)32/h1-13,31H,14H2,(H2,25,27,28,29). The molecule has 33 heavy (non-hydrogen) atoms. The van der Waals surface area contributed by atoms with Crippen LogP contribution in [0.5, 0.6) is 5.75 Å². The first-order chi connectivity index (χ1) is 16.1. The van der Waals surface area contributed by atoms with E-state index in [1.165, 1.54) is 6.07 Å². The minimum Gasteiger partial charge on any atom is -0.507 e. The number of nitrogen functional groups attached to an aromatic ring is 1.